The van der Waals surface area contributed by atoms with E-state index in [1.54, 1.807) is 0 Å². The van der Waals surface area contributed by atoms with Crippen molar-refractivity contribution in [3.8, 4) is 11.5 Å². The largest absolute Gasteiger partial charge is 0.507 e. The standard InChI is InChI=1S/C16H21NO3/c1-3-10-8-13-14(11(4-2)15(10)18)12(17-19)9-16(20-13)6-5-7-16/h8,12,18H,3-7,9H2,1-2H3. The van der Waals surface area contributed by atoms with E-state index in [9.17, 15) is 10.0 Å². The Kier molecular flexibility index (Phi) is 3.19. The first kappa shape index (κ1) is 13.4. The van der Waals surface area contributed by atoms with Crippen LogP contribution in [0.1, 0.15) is 62.3 Å². The summed E-state index contributed by atoms with van der Waals surface area (Å²) in [6, 6.07) is 1.52. The molecule has 2 aliphatic rings. The van der Waals surface area contributed by atoms with Crippen molar-refractivity contribution in [2.24, 2.45) is 5.18 Å². The zero-order valence-corrected chi connectivity index (χ0v) is 12.1. The van der Waals surface area contributed by atoms with Gasteiger partial charge in [0, 0.05) is 17.5 Å². The third-order valence-corrected chi connectivity index (χ3v) is 4.84. The van der Waals surface area contributed by atoms with Crippen LogP contribution in [0.25, 0.3) is 0 Å². The highest BCUT2D eigenvalue weighted by atomic mass is 16.5. The van der Waals surface area contributed by atoms with Crippen molar-refractivity contribution < 1.29 is 9.84 Å². The van der Waals surface area contributed by atoms with Crippen molar-refractivity contribution in [3.63, 3.8) is 0 Å². The van der Waals surface area contributed by atoms with Crippen LogP contribution in [0.4, 0.5) is 0 Å². The fraction of sp³-hybridized carbons (Fsp3) is 0.625. The van der Waals surface area contributed by atoms with Gasteiger partial charge in [0.2, 0.25) is 0 Å². The van der Waals surface area contributed by atoms with Crippen molar-refractivity contribution in [2.75, 3.05) is 0 Å². The van der Waals surface area contributed by atoms with E-state index in [1.165, 1.54) is 0 Å². The van der Waals surface area contributed by atoms with E-state index in [4.69, 9.17) is 4.74 Å². The van der Waals surface area contributed by atoms with Crippen LogP contribution in [0, 0.1) is 4.91 Å². The summed E-state index contributed by atoms with van der Waals surface area (Å²) in [7, 11) is 0. The number of phenols is 1. The zero-order chi connectivity index (χ0) is 14.3. The highest BCUT2D eigenvalue weighted by Gasteiger charge is 2.47. The summed E-state index contributed by atoms with van der Waals surface area (Å²) < 4.78 is 6.22. The van der Waals surface area contributed by atoms with Crippen molar-refractivity contribution >= 4 is 0 Å². The lowest BCUT2D eigenvalue weighted by Gasteiger charge is -2.47. The van der Waals surface area contributed by atoms with E-state index in [1.807, 2.05) is 19.9 Å². The summed E-state index contributed by atoms with van der Waals surface area (Å²) in [5.74, 6) is 1.09. The second-order valence-electron chi connectivity index (χ2n) is 5.95. The molecule has 20 heavy (non-hydrogen) atoms. The molecule has 1 heterocycles. The molecule has 1 aliphatic carbocycles. The van der Waals surface area contributed by atoms with Crippen LogP contribution >= 0.6 is 0 Å². The molecule has 0 amide bonds. The Morgan fingerprint density at radius 2 is 2.15 bits per heavy atom. The third kappa shape index (κ3) is 1.81. The Labute approximate surface area is 119 Å². The quantitative estimate of drug-likeness (QED) is 0.847. The first-order valence-corrected chi connectivity index (χ1v) is 7.53. The van der Waals surface area contributed by atoms with Gasteiger partial charge in [-0.3, -0.25) is 0 Å². The predicted molar refractivity (Wildman–Crippen MR) is 77.2 cm³/mol. The summed E-state index contributed by atoms with van der Waals surface area (Å²) in [5.41, 5.74) is 2.35. The zero-order valence-electron chi connectivity index (χ0n) is 12.1. The molecule has 4 heteroatoms. The number of benzene rings is 1. The molecule has 1 fully saturated rings. The van der Waals surface area contributed by atoms with Gasteiger partial charge in [0.15, 0.2) is 0 Å². The minimum atomic E-state index is -0.384. The average Bonchev–Trinajstić information content (AvgIpc) is 2.44. The minimum absolute atomic E-state index is 0.182. The van der Waals surface area contributed by atoms with E-state index < -0.39 is 0 Å². The molecule has 1 aliphatic heterocycles. The fourth-order valence-corrected chi connectivity index (χ4v) is 3.55. The summed E-state index contributed by atoms with van der Waals surface area (Å²) in [6.45, 7) is 4.00. The van der Waals surface area contributed by atoms with E-state index in [-0.39, 0.29) is 11.6 Å². The van der Waals surface area contributed by atoms with Crippen LogP contribution < -0.4 is 4.74 Å². The lowest BCUT2D eigenvalue weighted by molar-refractivity contribution is -0.0332. The number of hydrogen-bond donors (Lipinski definition) is 1. The van der Waals surface area contributed by atoms with Crippen LogP contribution in [0.2, 0.25) is 0 Å². The van der Waals surface area contributed by atoms with Gasteiger partial charge in [0.05, 0.1) is 0 Å². The van der Waals surface area contributed by atoms with Gasteiger partial charge < -0.3 is 9.84 Å². The minimum Gasteiger partial charge on any atom is -0.507 e. The number of aromatic hydroxyl groups is 1. The molecule has 0 bridgehead atoms. The molecule has 1 spiro atoms. The summed E-state index contributed by atoms with van der Waals surface area (Å²) in [6.07, 6.45) is 5.25. The van der Waals surface area contributed by atoms with Crippen LogP contribution in [0.5, 0.6) is 11.5 Å². The Bertz CT molecular complexity index is 549. The van der Waals surface area contributed by atoms with Crippen LogP contribution in [-0.2, 0) is 12.8 Å². The topological polar surface area (TPSA) is 58.9 Å². The predicted octanol–water partition coefficient (Wildman–Crippen LogP) is 4.03. The van der Waals surface area contributed by atoms with Gasteiger partial charge in [0.1, 0.15) is 23.1 Å². The van der Waals surface area contributed by atoms with E-state index in [0.717, 1.165) is 48.1 Å². The molecule has 3 rings (SSSR count). The molecule has 108 valence electrons. The van der Waals surface area contributed by atoms with Gasteiger partial charge in [-0.2, -0.15) is 4.91 Å². The normalized spacial score (nSPS) is 22.8. The van der Waals surface area contributed by atoms with Crippen molar-refractivity contribution in [2.45, 2.75) is 64.0 Å². The van der Waals surface area contributed by atoms with Gasteiger partial charge in [0.25, 0.3) is 0 Å². The lowest BCUT2D eigenvalue weighted by atomic mass is 9.72. The first-order chi connectivity index (χ1) is 9.64. The SMILES string of the molecule is CCc1cc2c(c(CC)c1O)C(N=O)CC1(CCC1)O2. The molecular formula is C16H21NO3. The molecule has 4 nitrogen and oxygen atoms in total. The highest BCUT2D eigenvalue weighted by molar-refractivity contribution is 5.56. The third-order valence-electron chi connectivity index (χ3n) is 4.84. The van der Waals surface area contributed by atoms with E-state index >= 15 is 0 Å². The van der Waals surface area contributed by atoms with Crippen molar-refractivity contribution in [1.29, 1.82) is 0 Å². The molecule has 0 saturated heterocycles. The van der Waals surface area contributed by atoms with E-state index in [0.29, 0.717) is 18.6 Å². The molecule has 1 unspecified atom stereocenters. The van der Waals surface area contributed by atoms with Gasteiger partial charge in [-0.25, -0.2) is 0 Å². The molecule has 1 saturated carbocycles. The summed E-state index contributed by atoms with van der Waals surface area (Å²) >= 11 is 0. The summed E-state index contributed by atoms with van der Waals surface area (Å²) in [5, 5.41) is 13.7. The van der Waals surface area contributed by atoms with Crippen LogP contribution in [0.3, 0.4) is 0 Å². The lowest BCUT2D eigenvalue weighted by Crippen LogP contribution is -2.46. The smallest absolute Gasteiger partial charge is 0.126 e. The number of aryl methyl sites for hydroxylation is 1. The maximum Gasteiger partial charge on any atom is 0.126 e. The first-order valence-electron chi connectivity index (χ1n) is 7.53. The Morgan fingerprint density at radius 1 is 1.40 bits per heavy atom. The Balaban J connectivity index is 2.16. The van der Waals surface area contributed by atoms with E-state index in [2.05, 4.69) is 5.18 Å². The maximum absolute atomic E-state index is 11.3. The maximum atomic E-state index is 11.3. The number of nitroso groups, excluding NO2 is 1. The van der Waals surface area contributed by atoms with Crippen molar-refractivity contribution in [1.82, 2.24) is 0 Å². The molecule has 1 atom stereocenters. The molecule has 0 radical (unpaired) electrons. The molecule has 1 aromatic rings. The molecule has 1 N–H and O–H groups in total. The number of rotatable bonds is 3. The Morgan fingerprint density at radius 3 is 2.65 bits per heavy atom. The Hall–Kier alpha value is -1.58. The second kappa shape index (κ2) is 4.76. The number of fused-ring (bicyclic) bond motifs is 1. The molecule has 0 aromatic heterocycles. The van der Waals surface area contributed by atoms with Crippen LogP contribution in [0.15, 0.2) is 11.2 Å². The number of hydrogen-bond acceptors (Lipinski definition) is 4. The van der Waals surface area contributed by atoms with Crippen molar-refractivity contribution in [3.05, 3.63) is 27.7 Å². The average molecular weight is 275 g/mol. The second-order valence-corrected chi connectivity index (χ2v) is 5.95. The van der Waals surface area contributed by atoms with Gasteiger partial charge >= 0.3 is 0 Å². The monoisotopic (exact) mass is 275 g/mol. The number of ether oxygens (including phenoxy) is 1. The highest BCUT2D eigenvalue weighted by Crippen LogP contribution is 2.52. The summed E-state index contributed by atoms with van der Waals surface area (Å²) in [4.78, 5) is 11.3. The number of phenolic OH excluding ortho intramolecular Hbond substituents is 1. The van der Waals surface area contributed by atoms with Gasteiger partial charge in [-0.15, -0.1) is 0 Å². The van der Waals surface area contributed by atoms with Crippen LogP contribution in [-0.4, -0.2) is 10.7 Å². The molecular weight excluding hydrogens is 254 g/mol. The van der Waals surface area contributed by atoms with Gasteiger partial charge in [-0.05, 0) is 43.7 Å². The van der Waals surface area contributed by atoms with Gasteiger partial charge in [-0.1, -0.05) is 19.0 Å². The number of nitrogens with zero attached hydrogens (tertiary/aromatic N) is 1. The fourth-order valence-electron chi connectivity index (χ4n) is 3.55. The molecule has 1 aromatic carbocycles.